The largest absolute Gasteiger partial charge is 0.337 e. The van der Waals surface area contributed by atoms with Gasteiger partial charge in [-0.25, -0.2) is 14.5 Å². The van der Waals surface area contributed by atoms with Crippen molar-refractivity contribution < 1.29 is 14.4 Å². The Labute approximate surface area is 123 Å². The van der Waals surface area contributed by atoms with E-state index in [0.29, 0.717) is 5.82 Å². The Morgan fingerprint density at radius 1 is 1.32 bits per heavy atom. The molecule has 1 aliphatic rings. The van der Waals surface area contributed by atoms with Gasteiger partial charge in [-0.1, -0.05) is 0 Å². The molecule has 1 unspecified atom stereocenters. The summed E-state index contributed by atoms with van der Waals surface area (Å²) in [5, 5.41) is 18.4. The zero-order valence-electron chi connectivity index (χ0n) is 11.1. The minimum atomic E-state index is -0.859. The molecule has 4 amide bonds. The third-order valence-corrected chi connectivity index (χ3v) is 2.86. The number of urea groups is 1. The van der Waals surface area contributed by atoms with Crippen molar-refractivity contribution in [2.75, 3.05) is 6.54 Å². The van der Waals surface area contributed by atoms with Gasteiger partial charge in [-0.2, -0.15) is 5.10 Å². The Hall–Kier alpha value is -3.37. The maximum Gasteiger partial charge on any atom is 0.321 e. The van der Waals surface area contributed by atoms with Crippen molar-refractivity contribution in [3.63, 3.8) is 0 Å². The van der Waals surface area contributed by atoms with E-state index in [2.05, 4.69) is 36.2 Å². The summed E-state index contributed by atoms with van der Waals surface area (Å²) in [4.78, 5) is 38.2. The first kappa shape index (κ1) is 13.6. The van der Waals surface area contributed by atoms with E-state index in [4.69, 9.17) is 0 Å². The number of hydrogen-bond acceptors (Lipinski definition) is 7. The SMILES string of the molecule is O=C1NCC(NC(=O)c2ccc(-n3cncn3)nn2)C(=O)N1. The normalized spacial score (nSPS) is 17.5. The molecular weight excluding hydrogens is 292 g/mol. The number of aromatic nitrogens is 5. The van der Waals surface area contributed by atoms with Crippen molar-refractivity contribution in [1.29, 1.82) is 0 Å². The summed E-state index contributed by atoms with van der Waals surface area (Å²) in [7, 11) is 0. The predicted octanol–water partition coefficient (Wildman–Crippen LogP) is -2.00. The number of imide groups is 1. The van der Waals surface area contributed by atoms with Crippen molar-refractivity contribution in [1.82, 2.24) is 40.9 Å². The molecule has 0 bridgehead atoms. The number of nitrogens with one attached hydrogen (secondary N) is 3. The molecule has 1 saturated heterocycles. The first-order valence-corrected chi connectivity index (χ1v) is 6.22. The van der Waals surface area contributed by atoms with Gasteiger partial charge in [0.2, 0.25) is 0 Å². The van der Waals surface area contributed by atoms with Gasteiger partial charge in [0.05, 0.1) is 0 Å². The van der Waals surface area contributed by atoms with Crippen molar-refractivity contribution in [2.24, 2.45) is 0 Å². The fraction of sp³-hybridized carbons (Fsp3) is 0.182. The average molecular weight is 302 g/mol. The Balaban J connectivity index is 1.67. The van der Waals surface area contributed by atoms with Gasteiger partial charge in [-0.05, 0) is 12.1 Å². The van der Waals surface area contributed by atoms with Crippen LogP contribution in [0.15, 0.2) is 24.8 Å². The molecule has 0 spiro atoms. The van der Waals surface area contributed by atoms with Gasteiger partial charge in [0, 0.05) is 6.54 Å². The molecule has 2 aromatic rings. The zero-order chi connectivity index (χ0) is 15.5. The molecule has 3 N–H and O–H groups in total. The fourth-order valence-electron chi connectivity index (χ4n) is 1.77. The lowest BCUT2D eigenvalue weighted by Gasteiger charge is -2.22. The van der Waals surface area contributed by atoms with E-state index in [1.54, 1.807) is 6.07 Å². The lowest BCUT2D eigenvalue weighted by molar-refractivity contribution is -0.122. The van der Waals surface area contributed by atoms with Crippen molar-refractivity contribution in [3.05, 3.63) is 30.5 Å². The Bertz CT molecular complexity index is 711. The maximum atomic E-state index is 12.0. The quantitative estimate of drug-likeness (QED) is 0.594. The molecular formula is C11H10N8O3. The van der Waals surface area contributed by atoms with E-state index in [1.165, 1.54) is 23.4 Å². The van der Waals surface area contributed by atoms with Crippen LogP contribution in [0.1, 0.15) is 10.5 Å². The Kier molecular flexibility index (Phi) is 3.43. The van der Waals surface area contributed by atoms with E-state index in [-0.39, 0.29) is 12.2 Å². The Morgan fingerprint density at radius 3 is 2.82 bits per heavy atom. The van der Waals surface area contributed by atoms with Crippen LogP contribution in [0.25, 0.3) is 5.82 Å². The summed E-state index contributed by atoms with van der Waals surface area (Å²) in [6.07, 6.45) is 2.79. The van der Waals surface area contributed by atoms with E-state index in [0.717, 1.165) is 0 Å². The molecule has 0 aromatic carbocycles. The molecule has 1 aliphatic heterocycles. The summed E-state index contributed by atoms with van der Waals surface area (Å²) in [6, 6.07) is 1.53. The predicted molar refractivity (Wildman–Crippen MR) is 69.7 cm³/mol. The molecule has 3 rings (SSSR count). The van der Waals surface area contributed by atoms with Crippen molar-refractivity contribution in [3.8, 4) is 5.82 Å². The van der Waals surface area contributed by atoms with Gasteiger partial charge in [-0.3, -0.25) is 14.9 Å². The number of nitrogens with zero attached hydrogens (tertiary/aromatic N) is 5. The van der Waals surface area contributed by atoms with E-state index < -0.39 is 23.9 Å². The van der Waals surface area contributed by atoms with Crippen LogP contribution in [-0.4, -0.2) is 55.4 Å². The average Bonchev–Trinajstić information content (AvgIpc) is 3.04. The number of carbonyl (C=O) groups is 3. The topological polar surface area (TPSA) is 144 Å². The van der Waals surface area contributed by atoms with E-state index >= 15 is 0 Å². The van der Waals surface area contributed by atoms with Gasteiger partial charge < -0.3 is 10.6 Å². The highest BCUT2D eigenvalue weighted by Crippen LogP contribution is 2.01. The second kappa shape index (κ2) is 5.55. The molecule has 0 aliphatic carbocycles. The lowest BCUT2D eigenvalue weighted by Crippen LogP contribution is -2.61. The molecule has 1 atom stereocenters. The molecule has 0 radical (unpaired) electrons. The second-order valence-corrected chi connectivity index (χ2v) is 4.34. The number of amides is 4. The van der Waals surface area contributed by atoms with Gasteiger partial charge in [0.1, 0.15) is 18.7 Å². The molecule has 3 heterocycles. The van der Waals surface area contributed by atoms with Crippen molar-refractivity contribution >= 4 is 17.8 Å². The summed E-state index contributed by atoms with van der Waals surface area (Å²) in [5.41, 5.74) is 0.0357. The van der Waals surface area contributed by atoms with Crippen LogP contribution in [0.2, 0.25) is 0 Å². The maximum absolute atomic E-state index is 12.0. The Morgan fingerprint density at radius 2 is 2.18 bits per heavy atom. The first-order chi connectivity index (χ1) is 10.6. The van der Waals surface area contributed by atoms with Gasteiger partial charge in [0.25, 0.3) is 11.8 Å². The second-order valence-electron chi connectivity index (χ2n) is 4.34. The van der Waals surface area contributed by atoms with Crippen LogP contribution in [-0.2, 0) is 4.79 Å². The summed E-state index contributed by atoms with van der Waals surface area (Å²) in [5.74, 6) is -0.755. The molecule has 22 heavy (non-hydrogen) atoms. The number of rotatable bonds is 3. The minimum absolute atomic E-state index is 0.0148. The van der Waals surface area contributed by atoms with Crippen LogP contribution in [0.5, 0.6) is 0 Å². The molecule has 2 aromatic heterocycles. The smallest absolute Gasteiger partial charge is 0.321 e. The van der Waals surface area contributed by atoms with Gasteiger partial charge >= 0.3 is 6.03 Å². The van der Waals surface area contributed by atoms with Crippen LogP contribution < -0.4 is 16.0 Å². The summed E-state index contributed by atoms with van der Waals surface area (Å²) in [6.45, 7) is 0.0148. The lowest BCUT2D eigenvalue weighted by atomic mass is 10.2. The van der Waals surface area contributed by atoms with Crippen molar-refractivity contribution in [2.45, 2.75) is 6.04 Å². The van der Waals surface area contributed by atoms with Crippen LogP contribution >= 0.6 is 0 Å². The molecule has 11 nitrogen and oxygen atoms in total. The van der Waals surface area contributed by atoms with Crippen LogP contribution in [0.3, 0.4) is 0 Å². The minimum Gasteiger partial charge on any atom is -0.337 e. The number of carbonyl (C=O) groups excluding carboxylic acids is 3. The van der Waals surface area contributed by atoms with Gasteiger partial charge in [0.15, 0.2) is 11.5 Å². The highest BCUT2D eigenvalue weighted by molar-refractivity contribution is 6.02. The zero-order valence-corrected chi connectivity index (χ0v) is 11.1. The first-order valence-electron chi connectivity index (χ1n) is 6.22. The highest BCUT2D eigenvalue weighted by atomic mass is 16.2. The van der Waals surface area contributed by atoms with Crippen LogP contribution in [0, 0.1) is 0 Å². The molecule has 112 valence electrons. The fourth-order valence-corrected chi connectivity index (χ4v) is 1.77. The monoisotopic (exact) mass is 302 g/mol. The highest BCUT2D eigenvalue weighted by Gasteiger charge is 2.28. The molecule has 1 fully saturated rings. The number of hydrogen-bond donors (Lipinski definition) is 3. The summed E-state index contributed by atoms with van der Waals surface area (Å²) < 4.78 is 1.39. The third kappa shape index (κ3) is 2.72. The van der Waals surface area contributed by atoms with Crippen LogP contribution in [0.4, 0.5) is 4.79 Å². The molecule has 0 saturated carbocycles. The van der Waals surface area contributed by atoms with E-state index in [9.17, 15) is 14.4 Å². The molecule has 11 heteroatoms. The van der Waals surface area contributed by atoms with E-state index in [1.807, 2.05) is 0 Å². The standard InChI is InChI=1S/C11H10N8O3/c20-9(15-7-3-13-11(22)16-10(7)21)6-1-2-8(18-17-6)19-5-12-4-14-19/h1-2,4-5,7H,3H2,(H,15,20)(H2,13,16,21,22). The third-order valence-electron chi connectivity index (χ3n) is 2.86. The van der Waals surface area contributed by atoms with Gasteiger partial charge in [-0.15, -0.1) is 10.2 Å². The summed E-state index contributed by atoms with van der Waals surface area (Å²) >= 11 is 0.